The molecule has 1 aliphatic rings. The van der Waals surface area contributed by atoms with E-state index in [-0.39, 0.29) is 0 Å². The second-order valence-corrected chi connectivity index (χ2v) is 5.64. The Morgan fingerprint density at radius 2 is 1.76 bits per heavy atom. The second-order valence-electron chi connectivity index (χ2n) is 5.38. The van der Waals surface area contributed by atoms with Crippen molar-refractivity contribution in [2.24, 2.45) is 0 Å². The number of hydrogen-bond donors (Lipinski definition) is 0. The fourth-order valence-electron chi connectivity index (χ4n) is 2.51. The molecule has 1 aromatic carbocycles. The molecule has 0 atom stereocenters. The van der Waals surface area contributed by atoms with Crippen LogP contribution >= 0.6 is 11.6 Å². The molecule has 0 spiro atoms. The zero-order chi connectivity index (χ0) is 14.5. The highest BCUT2D eigenvalue weighted by Gasteiger charge is 2.12. The number of hydrogen-bond acceptors (Lipinski definition) is 3. The summed E-state index contributed by atoms with van der Waals surface area (Å²) in [7, 11) is 0. The molecule has 1 fully saturated rings. The van der Waals surface area contributed by atoms with Crippen molar-refractivity contribution in [1.82, 2.24) is 14.5 Å². The van der Waals surface area contributed by atoms with E-state index in [0.717, 1.165) is 50.7 Å². The predicted octanol–water partition coefficient (Wildman–Crippen LogP) is 2.50. The number of ether oxygens (including phenoxy) is 1. The molecule has 0 radical (unpaired) electrons. The topological polar surface area (TPSA) is 30.3 Å². The van der Waals surface area contributed by atoms with Crippen molar-refractivity contribution in [1.29, 1.82) is 0 Å². The van der Waals surface area contributed by atoms with Crippen LogP contribution in [0.3, 0.4) is 0 Å². The van der Waals surface area contributed by atoms with Gasteiger partial charge in [-0.25, -0.2) is 4.98 Å². The minimum Gasteiger partial charge on any atom is -0.379 e. The third-order valence-corrected chi connectivity index (χ3v) is 4.03. The first-order valence-electron chi connectivity index (χ1n) is 7.28. The van der Waals surface area contributed by atoms with E-state index in [4.69, 9.17) is 16.3 Å². The Morgan fingerprint density at radius 1 is 1.05 bits per heavy atom. The van der Waals surface area contributed by atoms with Crippen LogP contribution in [0.5, 0.6) is 0 Å². The quantitative estimate of drug-likeness (QED) is 0.795. The van der Waals surface area contributed by atoms with Crippen LogP contribution < -0.4 is 0 Å². The summed E-state index contributed by atoms with van der Waals surface area (Å²) < 4.78 is 7.49. The van der Waals surface area contributed by atoms with Crippen molar-refractivity contribution in [2.75, 3.05) is 26.3 Å². The summed E-state index contributed by atoms with van der Waals surface area (Å²) >= 11 is 5.81. The van der Waals surface area contributed by atoms with Crippen molar-refractivity contribution in [3.8, 4) is 0 Å². The number of nitrogens with zero attached hydrogens (tertiary/aromatic N) is 3. The molecule has 0 bridgehead atoms. The van der Waals surface area contributed by atoms with Crippen LogP contribution in [0.2, 0.25) is 0 Å². The number of imidazole rings is 1. The zero-order valence-corrected chi connectivity index (χ0v) is 12.8. The number of aromatic nitrogens is 2. The Kier molecular flexibility index (Phi) is 4.91. The highest BCUT2D eigenvalue weighted by molar-refractivity contribution is 6.17. The van der Waals surface area contributed by atoms with Crippen molar-refractivity contribution < 1.29 is 4.74 Å². The van der Waals surface area contributed by atoms with Gasteiger partial charge >= 0.3 is 0 Å². The van der Waals surface area contributed by atoms with E-state index in [1.165, 1.54) is 5.56 Å². The van der Waals surface area contributed by atoms with Gasteiger partial charge in [0.05, 0.1) is 25.2 Å². The van der Waals surface area contributed by atoms with Gasteiger partial charge in [0, 0.05) is 38.3 Å². The normalized spacial score (nSPS) is 16.2. The average Bonchev–Trinajstić information content (AvgIpc) is 2.96. The Hall–Kier alpha value is -1.36. The minimum atomic E-state index is 0.565. The molecule has 2 heterocycles. The van der Waals surface area contributed by atoms with Gasteiger partial charge in [0.15, 0.2) is 0 Å². The number of alkyl halides is 1. The summed E-state index contributed by atoms with van der Waals surface area (Å²) in [5.41, 5.74) is 3.53. The molecular weight excluding hydrogens is 286 g/mol. The number of halogens is 1. The molecule has 4 nitrogen and oxygen atoms in total. The van der Waals surface area contributed by atoms with Crippen LogP contribution in [-0.2, 0) is 23.7 Å². The average molecular weight is 306 g/mol. The third kappa shape index (κ3) is 4.06. The summed E-state index contributed by atoms with van der Waals surface area (Å²) in [6, 6.07) is 8.40. The standard InChI is InChI=1S/C16H20ClN3O/c17-9-14-1-3-15(4-2-14)10-20-12-16(18-13-20)11-19-5-7-21-8-6-19/h1-4,12-13H,5-11H2. The Labute approximate surface area is 130 Å². The van der Waals surface area contributed by atoms with E-state index in [2.05, 4.69) is 44.9 Å². The van der Waals surface area contributed by atoms with Gasteiger partial charge in [-0.15, -0.1) is 11.6 Å². The lowest BCUT2D eigenvalue weighted by Crippen LogP contribution is -2.35. The lowest BCUT2D eigenvalue weighted by Gasteiger charge is -2.25. The van der Waals surface area contributed by atoms with E-state index in [9.17, 15) is 0 Å². The molecule has 0 amide bonds. The molecule has 21 heavy (non-hydrogen) atoms. The van der Waals surface area contributed by atoms with Gasteiger partial charge in [0.2, 0.25) is 0 Å². The zero-order valence-electron chi connectivity index (χ0n) is 12.0. The van der Waals surface area contributed by atoms with E-state index < -0.39 is 0 Å². The first-order valence-corrected chi connectivity index (χ1v) is 7.81. The van der Waals surface area contributed by atoms with Gasteiger partial charge in [0.1, 0.15) is 0 Å². The Bertz CT molecular complexity index is 561. The van der Waals surface area contributed by atoms with E-state index >= 15 is 0 Å². The first kappa shape index (κ1) is 14.6. The van der Waals surface area contributed by atoms with E-state index in [1.807, 2.05) is 6.33 Å². The van der Waals surface area contributed by atoms with Crippen molar-refractivity contribution in [2.45, 2.75) is 19.0 Å². The maximum atomic E-state index is 5.81. The molecule has 112 valence electrons. The van der Waals surface area contributed by atoms with Crippen molar-refractivity contribution in [3.63, 3.8) is 0 Å². The molecule has 0 saturated carbocycles. The molecular formula is C16H20ClN3O. The lowest BCUT2D eigenvalue weighted by molar-refractivity contribution is 0.0337. The van der Waals surface area contributed by atoms with Gasteiger partial charge in [-0.3, -0.25) is 4.90 Å². The van der Waals surface area contributed by atoms with Crippen LogP contribution in [0, 0.1) is 0 Å². The van der Waals surface area contributed by atoms with E-state index in [0.29, 0.717) is 5.88 Å². The third-order valence-electron chi connectivity index (χ3n) is 3.72. The summed E-state index contributed by atoms with van der Waals surface area (Å²) in [4.78, 5) is 6.88. The van der Waals surface area contributed by atoms with E-state index in [1.54, 1.807) is 0 Å². The maximum Gasteiger partial charge on any atom is 0.0953 e. The SMILES string of the molecule is ClCc1ccc(Cn2cnc(CN3CCOCC3)c2)cc1. The molecule has 1 aromatic heterocycles. The minimum absolute atomic E-state index is 0.565. The molecule has 1 saturated heterocycles. The van der Waals surface area contributed by atoms with Gasteiger partial charge in [-0.1, -0.05) is 24.3 Å². The summed E-state index contributed by atoms with van der Waals surface area (Å²) in [6.45, 7) is 5.39. The monoisotopic (exact) mass is 305 g/mol. The second kappa shape index (κ2) is 7.07. The molecule has 5 heteroatoms. The highest BCUT2D eigenvalue weighted by Crippen LogP contribution is 2.10. The Morgan fingerprint density at radius 3 is 2.48 bits per heavy atom. The predicted molar refractivity (Wildman–Crippen MR) is 83.4 cm³/mol. The molecule has 0 unspecified atom stereocenters. The van der Waals surface area contributed by atoms with Crippen LogP contribution in [-0.4, -0.2) is 40.8 Å². The lowest BCUT2D eigenvalue weighted by atomic mass is 10.1. The maximum absolute atomic E-state index is 5.81. The number of morpholine rings is 1. The molecule has 3 rings (SSSR count). The molecule has 1 aliphatic heterocycles. The molecule has 0 aliphatic carbocycles. The van der Waals surface area contributed by atoms with Gasteiger partial charge < -0.3 is 9.30 Å². The largest absolute Gasteiger partial charge is 0.379 e. The number of rotatable bonds is 5. The Balaban J connectivity index is 1.58. The smallest absolute Gasteiger partial charge is 0.0953 e. The van der Waals surface area contributed by atoms with Crippen molar-refractivity contribution in [3.05, 3.63) is 53.6 Å². The van der Waals surface area contributed by atoms with Crippen LogP contribution in [0.1, 0.15) is 16.8 Å². The van der Waals surface area contributed by atoms with Crippen molar-refractivity contribution >= 4 is 11.6 Å². The number of benzene rings is 1. The summed E-state index contributed by atoms with van der Waals surface area (Å²) in [6.07, 6.45) is 4.04. The van der Waals surface area contributed by atoms with Crippen LogP contribution in [0.4, 0.5) is 0 Å². The van der Waals surface area contributed by atoms with Gasteiger partial charge in [-0.2, -0.15) is 0 Å². The fourth-order valence-corrected chi connectivity index (χ4v) is 2.69. The highest BCUT2D eigenvalue weighted by atomic mass is 35.5. The fraction of sp³-hybridized carbons (Fsp3) is 0.438. The first-order chi connectivity index (χ1) is 10.3. The molecule has 2 aromatic rings. The van der Waals surface area contributed by atoms with Crippen LogP contribution in [0.25, 0.3) is 0 Å². The molecule has 0 N–H and O–H groups in total. The summed E-state index contributed by atoms with van der Waals surface area (Å²) in [5.74, 6) is 0.565. The van der Waals surface area contributed by atoms with Gasteiger partial charge in [0.25, 0.3) is 0 Å². The van der Waals surface area contributed by atoms with Gasteiger partial charge in [-0.05, 0) is 11.1 Å². The summed E-state index contributed by atoms with van der Waals surface area (Å²) in [5, 5.41) is 0. The van der Waals surface area contributed by atoms with Crippen LogP contribution in [0.15, 0.2) is 36.8 Å².